The van der Waals surface area contributed by atoms with E-state index in [1.807, 2.05) is 50.4 Å². The molecule has 4 aromatic rings. The smallest absolute Gasteiger partial charge is 0.410 e. The van der Waals surface area contributed by atoms with Crippen molar-refractivity contribution in [1.82, 2.24) is 34.7 Å². The number of fused-ring (bicyclic) bond motifs is 1. The van der Waals surface area contributed by atoms with Crippen LogP contribution in [0.1, 0.15) is 17.8 Å². The predicted molar refractivity (Wildman–Crippen MR) is 155 cm³/mol. The molecule has 0 saturated carbocycles. The number of amides is 1. The Bertz CT molecular complexity index is 1550. The fourth-order valence-electron chi connectivity index (χ4n) is 5.18. The number of carboxylic acid groups (broad SMARTS) is 1. The molecule has 13 nitrogen and oxygen atoms in total. The molecule has 0 spiro atoms. The highest BCUT2D eigenvalue weighted by Crippen LogP contribution is 2.28. The van der Waals surface area contributed by atoms with Crippen LogP contribution in [0.2, 0.25) is 0 Å². The number of hydrogen-bond acceptors (Lipinski definition) is 10. The fraction of sp³-hybridized carbons (Fsp3) is 0.379. The van der Waals surface area contributed by atoms with Crippen LogP contribution in [0, 0.1) is 6.92 Å². The molecule has 220 valence electrons. The molecule has 42 heavy (non-hydrogen) atoms. The average Bonchev–Trinajstić information content (AvgIpc) is 3.57. The Morgan fingerprint density at radius 1 is 1.12 bits per heavy atom. The van der Waals surface area contributed by atoms with Crippen molar-refractivity contribution in [3.8, 4) is 11.4 Å². The van der Waals surface area contributed by atoms with E-state index in [2.05, 4.69) is 25.2 Å². The van der Waals surface area contributed by atoms with Crippen molar-refractivity contribution in [1.29, 1.82) is 0 Å². The van der Waals surface area contributed by atoms with Crippen LogP contribution in [-0.4, -0.2) is 92.0 Å². The Morgan fingerprint density at radius 3 is 2.64 bits per heavy atom. The van der Waals surface area contributed by atoms with Gasteiger partial charge in [0, 0.05) is 45.1 Å². The van der Waals surface area contributed by atoms with Gasteiger partial charge in [0.2, 0.25) is 5.95 Å². The Hall–Kier alpha value is -4.62. The maximum absolute atomic E-state index is 12.8. The third-order valence-corrected chi connectivity index (χ3v) is 7.25. The highest BCUT2D eigenvalue weighted by molar-refractivity contribution is 5.89. The first-order valence-corrected chi connectivity index (χ1v) is 13.7. The number of aryl methyl sites for hydroxylation is 1. The van der Waals surface area contributed by atoms with Crippen molar-refractivity contribution >= 4 is 29.0 Å². The quantitative estimate of drug-likeness (QED) is 0.242. The summed E-state index contributed by atoms with van der Waals surface area (Å²) in [5.41, 5.74) is 3.65. The molecule has 1 aromatic carbocycles. The van der Waals surface area contributed by atoms with E-state index in [9.17, 15) is 14.7 Å². The van der Waals surface area contributed by atoms with E-state index in [4.69, 9.17) is 19.4 Å². The number of aliphatic carboxylic acids is 1. The van der Waals surface area contributed by atoms with Crippen LogP contribution in [0.15, 0.2) is 54.9 Å². The van der Waals surface area contributed by atoms with Crippen molar-refractivity contribution in [3.05, 3.63) is 66.2 Å². The number of likely N-dealkylation sites (tertiary alicyclic amines) is 1. The van der Waals surface area contributed by atoms with Gasteiger partial charge in [-0.1, -0.05) is 30.3 Å². The molecule has 3 atom stereocenters. The van der Waals surface area contributed by atoms with Gasteiger partial charge in [0.05, 0.1) is 29.4 Å². The number of nitrogens with one attached hydrogen (secondary N) is 2. The number of rotatable bonds is 11. The summed E-state index contributed by atoms with van der Waals surface area (Å²) in [4.78, 5) is 44.5. The maximum Gasteiger partial charge on any atom is 0.410 e. The molecule has 1 fully saturated rings. The van der Waals surface area contributed by atoms with E-state index in [1.54, 1.807) is 25.6 Å². The van der Waals surface area contributed by atoms with Crippen LogP contribution >= 0.6 is 0 Å². The lowest BCUT2D eigenvalue weighted by Crippen LogP contribution is -2.41. The first-order valence-electron chi connectivity index (χ1n) is 13.7. The Kier molecular flexibility index (Phi) is 8.88. The maximum atomic E-state index is 12.8. The highest BCUT2D eigenvalue weighted by Gasteiger charge is 2.41. The van der Waals surface area contributed by atoms with E-state index in [1.165, 1.54) is 4.90 Å². The van der Waals surface area contributed by atoms with Gasteiger partial charge in [-0.25, -0.2) is 24.5 Å². The van der Waals surface area contributed by atoms with Crippen LogP contribution in [0.25, 0.3) is 22.4 Å². The van der Waals surface area contributed by atoms with Gasteiger partial charge >= 0.3 is 12.1 Å². The highest BCUT2D eigenvalue weighted by atomic mass is 16.6. The lowest BCUT2D eigenvalue weighted by atomic mass is 10.2. The Morgan fingerprint density at radius 2 is 1.90 bits per heavy atom. The summed E-state index contributed by atoms with van der Waals surface area (Å²) >= 11 is 0. The van der Waals surface area contributed by atoms with E-state index in [0.29, 0.717) is 30.4 Å². The first-order chi connectivity index (χ1) is 20.4. The number of carbonyl (C=O) groups excluding carboxylic acids is 1. The number of ether oxygens (including phenoxy) is 2. The van der Waals surface area contributed by atoms with Gasteiger partial charge in [-0.15, -0.1) is 0 Å². The zero-order valence-electron chi connectivity index (χ0n) is 23.7. The lowest BCUT2D eigenvalue weighted by Gasteiger charge is -2.20. The molecular weight excluding hydrogens is 540 g/mol. The average molecular weight is 575 g/mol. The minimum Gasteiger partial charge on any atom is -0.480 e. The molecule has 0 radical (unpaired) electrons. The van der Waals surface area contributed by atoms with Gasteiger partial charge in [0.25, 0.3) is 0 Å². The van der Waals surface area contributed by atoms with Crippen molar-refractivity contribution in [2.75, 3.05) is 32.6 Å². The molecule has 4 heterocycles. The minimum atomic E-state index is -1.10. The zero-order valence-corrected chi connectivity index (χ0v) is 23.7. The van der Waals surface area contributed by atoms with Crippen LogP contribution in [0.5, 0.6) is 0 Å². The number of carbonyl (C=O) groups is 2. The normalized spacial score (nSPS) is 17.4. The van der Waals surface area contributed by atoms with E-state index < -0.39 is 24.1 Å². The van der Waals surface area contributed by atoms with Crippen molar-refractivity contribution < 1.29 is 24.2 Å². The van der Waals surface area contributed by atoms with E-state index in [0.717, 1.165) is 22.4 Å². The van der Waals surface area contributed by atoms with Crippen LogP contribution in [0.4, 0.5) is 10.7 Å². The number of anilines is 1. The first kappa shape index (κ1) is 28.9. The largest absolute Gasteiger partial charge is 0.480 e. The standard InChI is InChI=1S/C29H34N8O5/c1-18-33-23-10-11-31-25(26(23)36(18)16-21(41-3)14-30-2)22-9-12-32-28(35-22)34-20-13-24(27(38)39)37(15-20)29(40)42-17-19-7-5-4-6-8-19/h4-12,20-21,24,30H,13-17H2,1-3H3,(H,38,39)(H,32,34,35)/t20-,21-,24-/m0/s1. The Balaban J connectivity index is 1.35. The second-order valence-electron chi connectivity index (χ2n) is 10.1. The topological polar surface area (TPSA) is 157 Å². The van der Waals surface area contributed by atoms with Crippen molar-refractivity contribution in [2.24, 2.45) is 0 Å². The summed E-state index contributed by atoms with van der Waals surface area (Å²) in [6, 6.07) is 11.4. The second kappa shape index (κ2) is 12.9. The SMILES string of the molecule is CNC[C@@H](Cn1c(C)nc2ccnc(-c3ccnc(N[C@H]4C[C@@H](C(=O)O)N(C(=O)OCc5ccccc5)C4)n3)c21)OC. The summed E-state index contributed by atoms with van der Waals surface area (Å²) < 4.78 is 13.1. The summed E-state index contributed by atoms with van der Waals surface area (Å²) in [5, 5.41) is 16.2. The lowest BCUT2D eigenvalue weighted by molar-refractivity contribution is -0.141. The predicted octanol–water partition coefficient (Wildman–Crippen LogP) is 2.71. The number of likely N-dealkylation sites (N-methyl/N-ethyl adjacent to an activating group) is 1. The molecule has 0 aliphatic carbocycles. The van der Waals surface area contributed by atoms with Gasteiger partial charge in [0.15, 0.2) is 0 Å². The number of aromatic nitrogens is 5. The van der Waals surface area contributed by atoms with Crippen LogP contribution in [-0.2, 0) is 27.4 Å². The van der Waals surface area contributed by atoms with E-state index in [-0.39, 0.29) is 25.7 Å². The summed E-state index contributed by atoms with van der Waals surface area (Å²) in [6.07, 6.45) is 2.73. The molecule has 3 N–H and O–H groups in total. The minimum absolute atomic E-state index is 0.0560. The number of nitrogens with zero attached hydrogens (tertiary/aromatic N) is 6. The molecule has 5 rings (SSSR count). The number of pyridine rings is 1. The number of imidazole rings is 1. The van der Waals surface area contributed by atoms with Gasteiger partial charge in [-0.3, -0.25) is 9.88 Å². The van der Waals surface area contributed by atoms with Gasteiger partial charge in [-0.05, 0) is 31.7 Å². The van der Waals surface area contributed by atoms with Crippen molar-refractivity contribution in [2.45, 2.75) is 44.7 Å². The van der Waals surface area contributed by atoms with Crippen LogP contribution in [0.3, 0.4) is 0 Å². The molecule has 1 saturated heterocycles. The summed E-state index contributed by atoms with van der Waals surface area (Å²) in [5.74, 6) is 0.0279. The summed E-state index contributed by atoms with van der Waals surface area (Å²) in [6.45, 7) is 3.37. The van der Waals surface area contributed by atoms with Gasteiger partial charge < -0.3 is 29.8 Å². The molecule has 3 aromatic heterocycles. The molecule has 1 amide bonds. The van der Waals surface area contributed by atoms with Gasteiger partial charge in [0.1, 0.15) is 24.2 Å². The van der Waals surface area contributed by atoms with Gasteiger partial charge in [-0.2, -0.15) is 0 Å². The summed E-state index contributed by atoms with van der Waals surface area (Å²) in [7, 11) is 3.56. The number of methoxy groups -OCH3 is 1. The molecule has 1 aliphatic heterocycles. The number of hydrogen-bond donors (Lipinski definition) is 3. The molecule has 0 unspecified atom stereocenters. The second-order valence-corrected chi connectivity index (χ2v) is 10.1. The third kappa shape index (κ3) is 6.31. The molecule has 13 heteroatoms. The fourth-order valence-corrected chi connectivity index (χ4v) is 5.18. The zero-order chi connectivity index (χ0) is 29.6. The van der Waals surface area contributed by atoms with E-state index >= 15 is 0 Å². The number of carboxylic acids is 1. The Labute approximate surface area is 242 Å². The molecular formula is C29H34N8O5. The number of benzene rings is 1. The van der Waals surface area contributed by atoms with Crippen LogP contribution < -0.4 is 10.6 Å². The molecule has 1 aliphatic rings. The third-order valence-electron chi connectivity index (χ3n) is 7.25. The van der Waals surface area contributed by atoms with Crippen molar-refractivity contribution in [3.63, 3.8) is 0 Å². The monoisotopic (exact) mass is 574 g/mol. The molecule has 0 bridgehead atoms.